The molecule has 0 spiro atoms. The number of fused-ring (bicyclic) bond motifs is 1. The smallest absolute Gasteiger partial charge is 0.276 e. The van der Waals surface area contributed by atoms with Crippen LogP contribution in [-0.2, 0) is 16.6 Å². The van der Waals surface area contributed by atoms with E-state index in [0.717, 1.165) is 17.1 Å². The molecule has 1 heterocycles. The summed E-state index contributed by atoms with van der Waals surface area (Å²) in [4.78, 5) is 25.9. The number of rotatable bonds is 7. The van der Waals surface area contributed by atoms with Crippen LogP contribution in [0, 0.1) is 6.92 Å². The van der Waals surface area contributed by atoms with Crippen molar-refractivity contribution in [2.75, 3.05) is 19.4 Å². The standard InChI is InChI=1S/C22H26N4O4S/c1-5-6-13-26-22(28)18-10-8-7-9-17(18)20(24-26)21(27)23-16-12-11-15(2)19(14-16)31(29,30)25(3)4/h7-12,14H,5-6,13H2,1-4H3,(H,23,27). The number of anilines is 1. The Morgan fingerprint density at radius 2 is 1.81 bits per heavy atom. The zero-order chi connectivity index (χ0) is 22.8. The number of carbonyl (C=O) groups is 1. The van der Waals surface area contributed by atoms with Crippen LogP contribution in [0.15, 0.2) is 52.2 Å². The number of unbranched alkanes of at least 4 members (excludes halogenated alkanes) is 1. The molecule has 1 amide bonds. The highest BCUT2D eigenvalue weighted by Gasteiger charge is 2.22. The third kappa shape index (κ3) is 4.52. The summed E-state index contributed by atoms with van der Waals surface area (Å²) < 4.78 is 27.6. The first kappa shape index (κ1) is 22.6. The van der Waals surface area contributed by atoms with Crippen molar-refractivity contribution in [1.29, 1.82) is 0 Å². The predicted molar refractivity (Wildman–Crippen MR) is 121 cm³/mol. The highest BCUT2D eigenvalue weighted by Crippen LogP contribution is 2.23. The SMILES string of the molecule is CCCCn1nc(C(=O)Nc2ccc(C)c(S(=O)(=O)N(C)C)c2)c2ccccc2c1=O. The monoisotopic (exact) mass is 442 g/mol. The number of aromatic nitrogens is 2. The molecule has 0 saturated heterocycles. The molecule has 8 nitrogen and oxygen atoms in total. The zero-order valence-corrected chi connectivity index (χ0v) is 18.9. The summed E-state index contributed by atoms with van der Waals surface area (Å²) in [6.07, 6.45) is 1.64. The van der Waals surface area contributed by atoms with Gasteiger partial charge < -0.3 is 5.32 Å². The van der Waals surface area contributed by atoms with Gasteiger partial charge in [-0.2, -0.15) is 5.10 Å². The molecular weight excluding hydrogens is 416 g/mol. The lowest BCUT2D eigenvalue weighted by Gasteiger charge is -2.15. The van der Waals surface area contributed by atoms with E-state index in [1.807, 2.05) is 6.92 Å². The van der Waals surface area contributed by atoms with E-state index >= 15 is 0 Å². The molecule has 0 aliphatic carbocycles. The molecule has 0 radical (unpaired) electrons. The summed E-state index contributed by atoms with van der Waals surface area (Å²) in [7, 11) is -0.759. The molecule has 0 atom stereocenters. The zero-order valence-electron chi connectivity index (χ0n) is 18.0. The van der Waals surface area contributed by atoms with E-state index in [4.69, 9.17) is 0 Å². The molecule has 1 aromatic heterocycles. The molecule has 3 aromatic rings. The second-order valence-corrected chi connectivity index (χ2v) is 9.62. The van der Waals surface area contributed by atoms with Crippen LogP contribution in [0.3, 0.4) is 0 Å². The number of amides is 1. The molecule has 1 N–H and O–H groups in total. The molecule has 0 aliphatic rings. The number of hydrogen-bond acceptors (Lipinski definition) is 5. The van der Waals surface area contributed by atoms with Gasteiger partial charge in [-0.15, -0.1) is 0 Å². The minimum absolute atomic E-state index is 0.112. The molecule has 0 bridgehead atoms. The Balaban J connectivity index is 2.05. The molecule has 31 heavy (non-hydrogen) atoms. The first-order chi connectivity index (χ1) is 14.7. The van der Waals surface area contributed by atoms with Gasteiger partial charge in [0.15, 0.2) is 5.69 Å². The number of sulfonamides is 1. The van der Waals surface area contributed by atoms with E-state index in [0.29, 0.717) is 28.6 Å². The molecule has 0 aliphatic heterocycles. The van der Waals surface area contributed by atoms with Crippen molar-refractivity contribution < 1.29 is 13.2 Å². The van der Waals surface area contributed by atoms with Gasteiger partial charge in [0.05, 0.1) is 10.3 Å². The van der Waals surface area contributed by atoms with Crippen LogP contribution in [0.4, 0.5) is 5.69 Å². The second kappa shape index (κ2) is 8.99. The maximum absolute atomic E-state index is 13.1. The van der Waals surface area contributed by atoms with Crippen molar-refractivity contribution >= 4 is 32.4 Å². The summed E-state index contributed by atoms with van der Waals surface area (Å²) in [6, 6.07) is 11.5. The lowest BCUT2D eigenvalue weighted by atomic mass is 10.1. The van der Waals surface area contributed by atoms with Gasteiger partial charge in [0, 0.05) is 31.7 Å². The third-order valence-corrected chi connectivity index (χ3v) is 6.97. The van der Waals surface area contributed by atoms with Crippen molar-refractivity contribution in [3.8, 4) is 0 Å². The van der Waals surface area contributed by atoms with Crippen LogP contribution in [0.5, 0.6) is 0 Å². The first-order valence-corrected chi connectivity index (χ1v) is 11.4. The van der Waals surface area contributed by atoms with Gasteiger partial charge in [-0.05, 0) is 37.1 Å². The molecule has 0 saturated carbocycles. The van der Waals surface area contributed by atoms with Crippen LogP contribution in [0.25, 0.3) is 10.8 Å². The van der Waals surface area contributed by atoms with Crippen molar-refractivity contribution in [1.82, 2.24) is 14.1 Å². The summed E-state index contributed by atoms with van der Waals surface area (Å²) in [6.45, 7) is 4.12. The van der Waals surface area contributed by atoms with Gasteiger partial charge in [0.25, 0.3) is 11.5 Å². The fourth-order valence-electron chi connectivity index (χ4n) is 3.21. The van der Waals surface area contributed by atoms with Crippen molar-refractivity contribution in [3.63, 3.8) is 0 Å². The van der Waals surface area contributed by atoms with E-state index in [2.05, 4.69) is 10.4 Å². The van der Waals surface area contributed by atoms with Crippen molar-refractivity contribution in [3.05, 3.63) is 64.1 Å². The van der Waals surface area contributed by atoms with Gasteiger partial charge in [0.2, 0.25) is 10.0 Å². The quantitative estimate of drug-likeness (QED) is 0.606. The van der Waals surface area contributed by atoms with Crippen LogP contribution >= 0.6 is 0 Å². The fourth-order valence-corrected chi connectivity index (χ4v) is 4.35. The van der Waals surface area contributed by atoms with Crippen LogP contribution in [0.1, 0.15) is 35.8 Å². The van der Waals surface area contributed by atoms with Gasteiger partial charge in [-0.3, -0.25) is 9.59 Å². The fraction of sp³-hybridized carbons (Fsp3) is 0.318. The van der Waals surface area contributed by atoms with E-state index in [9.17, 15) is 18.0 Å². The largest absolute Gasteiger partial charge is 0.321 e. The highest BCUT2D eigenvalue weighted by atomic mass is 32.2. The van der Waals surface area contributed by atoms with Crippen LogP contribution < -0.4 is 10.9 Å². The van der Waals surface area contributed by atoms with Crippen LogP contribution in [0.2, 0.25) is 0 Å². The van der Waals surface area contributed by atoms with Gasteiger partial charge in [-0.25, -0.2) is 17.4 Å². The van der Waals surface area contributed by atoms with Gasteiger partial charge >= 0.3 is 0 Å². The number of nitrogens with one attached hydrogen (secondary N) is 1. The minimum atomic E-state index is -3.67. The molecule has 164 valence electrons. The number of benzene rings is 2. The Labute approximate surface area is 181 Å². The summed E-state index contributed by atoms with van der Waals surface area (Å²) in [5, 5.41) is 7.91. The summed E-state index contributed by atoms with van der Waals surface area (Å²) >= 11 is 0. The van der Waals surface area contributed by atoms with E-state index in [1.165, 1.54) is 24.8 Å². The Hall–Kier alpha value is -3.04. The van der Waals surface area contributed by atoms with E-state index in [1.54, 1.807) is 43.3 Å². The third-order valence-electron chi connectivity index (χ3n) is 5.01. The van der Waals surface area contributed by atoms with Crippen molar-refractivity contribution in [2.45, 2.75) is 38.1 Å². The second-order valence-electron chi connectivity index (χ2n) is 7.50. The van der Waals surface area contributed by atoms with E-state index < -0.39 is 15.9 Å². The van der Waals surface area contributed by atoms with E-state index in [-0.39, 0.29) is 16.1 Å². The average Bonchev–Trinajstić information content (AvgIpc) is 2.74. The number of nitrogens with zero attached hydrogens (tertiary/aromatic N) is 3. The molecule has 0 unspecified atom stereocenters. The average molecular weight is 443 g/mol. The Bertz CT molecular complexity index is 1300. The van der Waals surface area contributed by atoms with Crippen molar-refractivity contribution in [2.24, 2.45) is 0 Å². The Kier molecular flexibility index (Phi) is 6.56. The normalized spacial score (nSPS) is 11.8. The Morgan fingerprint density at radius 1 is 1.13 bits per heavy atom. The summed E-state index contributed by atoms with van der Waals surface area (Å²) in [5.41, 5.74) is 0.774. The lowest BCUT2D eigenvalue weighted by Crippen LogP contribution is -2.28. The predicted octanol–water partition coefficient (Wildman–Crippen LogP) is 3.01. The van der Waals surface area contributed by atoms with Gasteiger partial charge in [0.1, 0.15) is 0 Å². The number of carbonyl (C=O) groups excluding carboxylic acids is 1. The van der Waals surface area contributed by atoms with Crippen LogP contribution in [-0.4, -0.2) is 42.5 Å². The molecule has 9 heteroatoms. The molecular formula is C22H26N4O4S. The molecule has 2 aromatic carbocycles. The minimum Gasteiger partial charge on any atom is -0.321 e. The first-order valence-electron chi connectivity index (χ1n) is 10.0. The summed E-state index contributed by atoms with van der Waals surface area (Å²) in [5.74, 6) is -0.515. The lowest BCUT2D eigenvalue weighted by molar-refractivity contribution is 0.102. The topological polar surface area (TPSA) is 101 Å². The maximum atomic E-state index is 13.1. The molecule has 3 rings (SSSR count). The number of hydrogen-bond donors (Lipinski definition) is 1. The highest BCUT2D eigenvalue weighted by molar-refractivity contribution is 7.89. The number of aryl methyl sites for hydroxylation is 2. The maximum Gasteiger partial charge on any atom is 0.276 e. The Morgan fingerprint density at radius 3 is 2.45 bits per heavy atom. The molecule has 0 fully saturated rings. The van der Waals surface area contributed by atoms with Gasteiger partial charge in [-0.1, -0.05) is 37.6 Å².